The molecule has 0 saturated carbocycles. The van der Waals surface area contributed by atoms with E-state index in [0.717, 1.165) is 21.7 Å². The Bertz CT molecular complexity index is 1440. The summed E-state index contributed by atoms with van der Waals surface area (Å²) in [5, 5.41) is 6.68. The molecule has 7 nitrogen and oxygen atoms in total. The Kier molecular flexibility index (Phi) is 7.52. The van der Waals surface area contributed by atoms with Gasteiger partial charge in [-0.3, -0.25) is 9.59 Å². The van der Waals surface area contributed by atoms with E-state index < -0.39 is 35.0 Å². The number of piperidine rings is 1. The second-order valence-electron chi connectivity index (χ2n) is 9.37. The van der Waals surface area contributed by atoms with E-state index in [-0.39, 0.29) is 36.8 Å². The minimum atomic E-state index is -4.75. The molecule has 0 aliphatic carbocycles. The number of oxime groups is 1. The van der Waals surface area contributed by atoms with Gasteiger partial charge in [-0.15, -0.1) is 11.3 Å². The molecule has 1 fully saturated rings. The molecule has 1 aromatic carbocycles. The smallest absolute Gasteiger partial charge is 0.387 e. The van der Waals surface area contributed by atoms with Gasteiger partial charge in [0, 0.05) is 50.0 Å². The zero-order chi connectivity index (χ0) is 27.7. The standard InChI is InChI=1S/C26H23F5N4O3S/c27-17-4-1-5-18(28)23(17)21-13-19(33-38-21)20-14-39-24(32-20)15-6-10-34(11-7-15)22(36)8-12-35-9-2-3-16(25(35)37)26(29,30)31/h1-5,9,14-15,21H,6-8,10-13H2. The Morgan fingerprint density at radius 2 is 1.82 bits per heavy atom. The SMILES string of the molecule is O=C(CCn1cccc(C(F)(F)F)c1=O)N1CCC(c2nc(C3=NOC(c4c(F)cccc4F)C3)cs2)CC1. The summed E-state index contributed by atoms with van der Waals surface area (Å²) in [7, 11) is 0. The Hall–Kier alpha value is -3.61. The van der Waals surface area contributed by atoms with Crippen LogP contribution in [-0.2, 0) is 22.4 Å². The highest BCUT2D eigenvalue weighted by molar-refractivity contribution is 7.10. The number of thiazole rings is 1. The van der Waals surface area contributed by atoms with Gasteiger partial charge in [0.1, 0.15) is 22.9 Å². The van der Waals surface area contributed by atoms with Gasteiger partial charge in [0.25, 0.3) is 5.56 Å². The molecule has 0 radical (unpaired) electrons. The Morgan fingerprint density at radius 3 is 2.51 bits per heavy atom. The van der Waals surface area contributed by atoms with Gasteiger partial charge >= 0.3 is 6.18 Å². The van der Waals surface area contributed by atoms with E-state index in [1.54, 1.807) is 4.90 Å². The van der Waals surface area contributed by atoms with E-state index in [1.807, 2.05) is 5.38 Å². The molecular formula is C26H23F5N4O3S. The fraction of sp³-hybridized carbons (Fsp3) is 0.385. The Labute approximate surface area is 223 Å². The fourth-order valence-corrected chi connectivity index (χ4v) is 5.79. The lowest BCUT2D eigenvalue weighted by molar-refractivity contribution is -0.139. The summed E-state index contributed by atoms with van der Waals surface area (Å²) in [5.74, 6) is -1.53. The number of hydrogen-bond acceptors (Lipinski definition) is 6. The monoisotopic (exact) mass is 566 g/mol. The van der Waals surface area contributed by atoms with Crippen LogP contribution in [0.2, 0.25) is 0 Å². The lowest BCUT2D eigenvalue weighted by Gasteiger charge is -2.31. The van der Waals surface area contributed by atoms with Crippen LogP contribution in [0.5, 0.6) is 0 Å². The van der Waals surface area contributed by atoms with Crippen LogP contribution in [-0.4, -0.2) is 39.2 Å². The number of carbonyl (C=O) groups excluding carboxylic acids is 1. The highest BCUT2D eigenvalue weighted by atomic mass is 32.1. The van der Waals surface area contributed by atoms with Crippen molar-refractivity contribution in [1.29, 1.82) is 0 Å². The molecule has 1 saturated heterocycles. The maximum Gasteiger partial charge on any atom is 0.421 e. The minimum absolute atomic E-state index is 0.0864. The maximum atomic E-state index is 14.1. The third-order valence-electron chi connectivity index (χ3n) is 6.90. The molecular weight excluding hydrogens is 543 g/mol. The molecule has 13 heteroatoms. The zero-order valence-electron chi connectivity index (χ0n) is 20.5. The van der Waals surface area contributed by atoms with Crippen LogP contribution in [0.15, 0.2) is 51.9 Å². The highest BCUT2D eigenvalue weighted by Gasteiger charge is 2.34. The first-order valence-electron chi connectivity index (χ1n) is 12.3. The van der Waals surface area contributed by atoms with Crippen molar-refractivity contribution < 1.29 is 31.6 Å². The normalized spacial score (nSPS) is 18.2. The summed E-state index contributed by atoms with van der Waals surface area (Å²) >= 11 is 1.44. The van der Waals surface area contributed by atoms with Crippen molar-refractivity contribution >= 4 is 23.0 Å². The van der Waals surface area contributed by atoms with E-state index in [2.05, 4.69) is 10.1 Å². The van der Waals surface area contributed by atoms with Crippen molar-refractivity contribution in [3.63, 3.8) is 0 Å². The number of rotatable bonds is 6. The molecule has 1 unspecified atom stereocenters. The number of nitrogens with zero attached hydrogens (tertiary/aromatic N) is 4. The van der Waals surface area contributed by atoms with Crippen LogP contribution < -0.4 is 5.56 Å². The number of alkyl halides is 3. The summed E-state index contributed by atoms with van der Waals surface area (Å²) in [6.07, 6.45) is -2.99. The third-order valence-corrected chi connectivity index (χ3v) is 7.90. The van der Waals surface area contributed by atoms with Gasteiger partial charge < -0.3 is 14.3 Å². The van der Waals surface area contributed by atoms with Gasteiger partial charge in [-0.2, -0.15) is 13.2 Å². The number of aromatic nitrogens is 2. The molecule has 0 spiro atoms. The summed E-state index contributed by atoms with van der Waals surface area (Å²) in [6.45, 7) is 0.766. The molecule has 39 heavy (non-hydrogen) atoms. The molecule has 2 aromatic heterocycles. The average Bonchev–Trinajstić information content (AvgIpc) is 3.58. The second kappa shape index (κ2) is 10.9. The molecule has 2 aliphatic rings. The molecule has 0 bridgehead atoms. The molecule has 2 aliphatic heterocycles. The number of aryl methyl sites for hydroxylation is 1. The largest absolute Gasteiger partial charge is 0.421 e. The fourth-order valence-electron chi connectivity index (χ4n) is 4.79. The minimum Gasteiger partial charge on any atom is -0.387 e. The molecule has 1 atom stereocenters. The summed E-state index contributed by atoms with van der Waals surface area (Å²) in [6, 6.07) is 5.49. The van der Waals surface area contributed by atoms with Crippen molar-refractivity contribution in [2.24, 2.45) is 5.16 Å². The number of pyridine rings is 1. The van der Waals surface area contributed by atoms with Gasteiger partial charge in [0.15, 0.2) is 6.10 Å². The maximum absolute atomic E-state index is 14.1. The van der Waals surface area contributed by atoms with Crippen molar-refractivity contribution in [1.82, 2.24) is 14.5 Å². The zero-order valence-corrected chi connectivity index (χ0v) is 21.3. The van der Waals surface area contributed by atoms with Crippen molar-refractivity contribution in [2.45, 2.75) is 50.4 Å². The predicted octanol–water partition coefficient (Wildman–Crippen LogP) is 5.26. The van der Waals surface area contributed by atoms with Crippen molar-refractivity contribution in [2.75, 3.05) is 13.1 Å². The van der Waals surface area contributed by atoms with E-state index in [1.165, 1.54) is 35.7 Å². The summed E-state index contributed by atoms with van der Waals surface area (Å²) in [5.41, 5.74) is -1.51. The van der Waals surface area contributed by atoms with Crippen LogP contribution in [0.4, 0.5) is 22.0 Å². The number of hydrogen-bond donors (Lipinski definition) is 0. The third kappa shape index (κ3) is 5.72. The van der Waals surface area contributed by atoms with Crippen molar-refractivity contribution in [3.05, 3.63) is 85.7 Å². The number of halogens is 5. The van der Waals surface area contributed by atoms with E-state index >= 15 is 0 Å². The first kappa shape index (κ1) is 27.0. The summed E-state index contributed by atoms with van der Waals surface area (Å²) < 4.78 is 68.0. The van der Waals surface area contributed by atoms with Gasteiger partial charge in [-0.25, -0.2) is 13.8 Å². The van der Waals surface area contributed by atoms with Gasteiger partial charge in [-0.05, 0) is 37.1 Å². The van der Waals surface area contributed by atoms with Crippen LogP contribution in [0.3, 0.4) is 0 Å². The predicted molar refractivity (Wildman–Crippen MR) is 132 cm³/mol. The molecule has 0 N–H and O–H groups in total. The van der Waals surface area contributed by atoms with Crippen LogP contribution in [0, 0.1) is 11.6 Å². The second-order valence-corrected chi connectivity index (χ2v) is 10.3. The number of likely N-dealkylation sites (tertiary alicyclic amines) is 1. The molecule has 1 amide bonds. The van der Waals surface area contributed by atoms with Crippen molar-refractivity contribution in [3.8, 4) is 0 Å². The number of carbonyl (C=O) groups is 1. The molecule has 5 rings (SSSR count). The first-order chi connectivity index (χ1) is 18.6. The molecule has 4 heterocycles. The van der Waals surface area contributed by atoms with Gasteiger partial charge in [0.2, 0.25) is 5.91 Å². The van der Waals surface area contributed by atoms with E-state index in [9.17, 15) is 31.5 Å². The number of amides is 1. The average molecular weight is 567 g/mol. The quantitative estimate of drug-likeness (QED) is 0.382. The van der Waals surface area contributed by atoms with Crippen LogP contribution >= 0.6 is 11.3 Å². The first-order valence-corrected chi connectivity index (χ1v) is 13.2. The molecule has 3 aromatic rings. The lowest BCUT2D eigenvalue weighted by Crippen LogP contribution is -2.39. The van der Waals surface area contributed by atoms with Crippen LogP contribution in [0.1, 0.15) is 59.5 Å². The Morgan fingerprint density at radius 1 is 1.10 bits per heavy atom. The lowest BCUT2D eigenvalue weighted by atomic mass is 9.97. The van der Waals surface area contributed by atoms with E-state index in [4.69, 9.17) is 4.84 Å². The Balaban J connectivity index is 1.14. The number of benzene rings is 1. The van der Waals surface area contributed by atoms with Crippen LogP contribution in [0.25, 0.3) is 0 Å². The molecule has 206 valence electrons. The van der Waals surface area contributed by atoms with E-state index in [0.29, 0.717) is 37.3 Å². The van der Waals surface area contributed by atoms with Gasteiger partial charge in [0.05, 0.1) is 16.3 Å². The summed E-state index contributed by atoms with van der Waals surface area (Å²) in [4.78, 5) is 36.4. The highest BCUT2D eigenvalue weighted by Crippen LogP contribution is 2.35. The topological polar surface area (TPSA) is 76.8 Å². The van der Waals surface area contributed by atoms with Gasteiger partial charge in [-0.1, -0.05) is 11.2 Å².